The molecule has 0 aliphatic carbocycles. The lowest BCUT2D eigenvalue weighted by Crippen LogP contribution is -2.55. The molecule has 0 saturated carbocycles. The predicted molar refractivity (Wildman–Crippen MR) is 273 cm³/mol. The van der Waals surface area contributed by atoms with E-state index in [1.165, 1.54) is 0 Å². The van der Waals surface area contributed by atoms with Crippen LogP contribution in [0.3, 0.4) is 0 Å². The van der Waals surface area contributed by atoms with Gasteiger partial charge in [-0.2, -0.15) is 0 Å². The molecular formula is C45H15B13N4O. The zero-order chi connectivity index (χ0) is 44.3. The maximum atomic E-state index is 7.06. The Morgan fingerprint density at radius 2 is 0.984 bits per heavy atom. The first-order valence-corrected chi connectivity index (χ1v) is 19.4. The second-order valence-corrected chi connectivity index (χ2v) is 15.3. The quantitative estimate of drug-likeness (QED) is 0.167. The molecule has 0 bridgehead atoms. The topological polar surface area (TPSA) is 56.7 Å². The fourth-order valence-corrected chi connectivity index (χ4v) is 8.54. The van der Waals surface area contributed by atoms with E-state index in [1.54, 1.807) is 18.2 Å². The lowest BCUT2D eigenvalue weighted by atomic mass is 9.60. The molecule has 18 heteroatoms. The molecule has 0 N–H and O–H groups in total. The summed E-state index contributed by atoms with van der Waals surface area (Å²) in [6, 6.07) is 27.6. The van der Waals surface area contributed by atoms with Gasteiger partial charge in [-0.05, 0) is 23.3 Å². The van der Waals surface area contributed by atoms with Crippen LogP contribution < -0.4 is 71.0 Å². The van der Waals surface area contributed by atoms with Crippen LogP contribution in [0.4, 0.5) is 0 Å². The van der Waals surface area contributed by atoms with E-state index in [4.69, 9.17) is 121 Å². The van der Waals surface area contributed by atoms with E-state index < -0.39 is 0 Å². The maximum Gasteiger partial charge on any atom is 0.167 e. The van der Waals surface area contributed by atoms with Gasteiger partial charge in [0.05, 0.1) is 5.56 Å². The minimum Gasteiger partial charge on any atom is -0.456 e. The molecule has 3 heterocycles. The van der Waals surface area contributed by atoms with Crippen LogP contribution in [0.25, 0.3) is 94.7 Å². The molecular weight excluding hydrogens is 753 g/mol. The van der Waals surface area contributed by atoms with Gasteiger partial charge in [-0.25, -0.2) is 15.0 Å². The average molecular weight is 768 g/mol. The normalized spacial score (nSPS) is 11.7. The summed E-state index contributed by atoms with van der Waals surface area (Å²) in [7, 11) is 86.3. The summed E-state index contributed by atoms with van der Waals surface area (Å²) in [4.78, 5) is 14.6. The fourth-order valence-electron chi connectivity index (χ4n) is 8.54. The zero-order valence-corrected chi connectivity index (χ0v) is 33.4. The predicted octanol–water partition coefficient (Wildman–Crippen LogP) is -4.14. The lowest BCUT2D eigenvalue weighted by molar-refractivity contribution is 0.672. The first-order chi connectivity index (χ1) is 30.2. The van der Waals surface area contributed by atoms with E-state index in [0.717, 1.165) is 5.69 Å². The summed E-state index contributed by atoms with van der Waals surface area (Å²) < 4.78 is 8.75. The monoisotopic (exact) mass is 770 g/mol. The molecule has 0 unspecified atom stereocenters. The van der Waals surface area contributed by atoms with Gasteiger partial charge in [-0.15, -0.1) is 27.3 Å². The van der Waals surface area contributed by atoms with Crippen LogP contribution in [0.5, 0.6) is 0 Å². The lowest BCUT2D eigenvalue weighted by Gasteiger charge is -2.20. The second-order valence-electron chi connectivity index (χ2n) is 15.3. The Hall–Kier alpha value is -6.01. The van der Waals surface area contributed by atoms with E-state index in [-0.39, 0.29) is 88.8 Å². The third-order valence-electron chi connectivity index (χ3n) is 11.6. The third-order valence-corrected chi connectivity index (χ3v) is 11.6. The van der Waals surface area contributed by atoms with Crippen molar-refractivity contribution >= 4 is 217 Å². The van der Waals surface area contributed by atoms with Gasteiger partial charge in [0.2, 0.25) is 0 Å². The molecule has 0 fully saturated rings. The van der Waals surface area contributed by atoms with Crippen molar-refractivity contribution in [3.05, 3.63) is 91.0 Å². The SMILES string of the molecule is [B]c1cc([B])c2c(c1)c1c(-c3c([B])c([B])c([B])c4oc5c(-c6nc(-c7ccccc7)nc(-c7c([B])c([B])c([B])c([B])c7[B])n6)cc([B])c([B])c5c34)ccc([B])c1n2-c1ccccc1. The van der Waals surface area contributed by atoms with Gasteiger partial charge in [0.1, 0.15) is 113 Å². The van der Waals surface area contributed by atoms with Crippen molar-refractivity contribution in [3.63, 3.8) is 0 Å². The first-order valence-electron chi connectivity index (χ1n) is 19.4. The highest BCUT2D eigenvalue weighted by Gasteiger charge is 2.28. The summed E-state index contributed by atoms with van der Waals surface area (Å²) in [5.74, 6) is 0.378. The zero-order valence-electron chi connectivity index (χ0n) is 33.4. The number of furan rings is 1. The molecule has 63 heavy (non-hydrogen) atoms. The van der Waals surface area contributed by atoms with Gasteiger partial charge < -0.3 is 8.98 Å². The van der Waals surface area contributed by atoms with E-state index in [2.05, 4.69) is 0 Å². The van der Waals surface area contributed by atoms with Gasteiger partial charge in [0.15, 0.2) is 17.5 Å². The van der Waals surface area contributed by atoms with Gasteiger partial charge >= 0.3 is 0 Å². The van der Waals surface area contributed by atoms with Crippen molar-refractivity contribution in [2.24, 2.45) is 0 Å². The number of fused-ring (bicyclic) bond motifs is 6. The Kier molecular flexibility index (Phi) is 9.82. The molecule has 0 amide bonds. The molecule has 10 aromatic rings. The highest BCUT2D eigenvalue weighted by Crippen LogP contribution is 2.42. The van der Waals surface area contributed by atoms with Gasteiger partial charge in [0, 0.05) is 49.4 Å². The van der Waals surface area contributed by atoms with E-state index in [9.17, 15) is 0 Å². The Balaban J connectivity index is 1.35. The molecule has 7 aromatic carbocycles. The maximum absolute atomic E-state index is 7.06. The standard InChI is InChI=1S/C45H15B13N4O/c46-17-13-20-25-19(11-12-22(47)40(25)62(39(20)24(49)14-17)18-9-5-2-6-10-18)26-27-28-30(50)23(48)15-21(41(28)63-42(27)38(58)36(56)31(26)51)44-59-43(16-7-3-1-4-8-16)60-45(61-44)29-32(52)34(54)37(57)35(55)33(29)53/h1-15H. The Morgan fingerprint density at radius 3 is 1.67 bits per heavy atom. The summed E-state index contributed by atoms with van der Waals surface area (Å²) >= 11 is 0. The largest absolute Gasteiger partial charge is 0.456 e. The third kappa shape index (κ3) is 6.14. The van der Waals surface area contributed by atoms with Crippen molar-refractivity contribution in [1.29, 1.82) is 0 Å². The van der Waals surface area contributed by atoms with Crippen molar-refractivity contribution in [2.45, 2.75) is 0 Å². The molecule has 10 rings (SSSR count). The number of benzene rings is 7. The first kappa shape index (κ1) is 41.0. The molecule has 0 aliphatic heterocycles. The smallest absolute Gasteiger partial charge is 0.167 e. The Morgan fingerprint density at radius 1 is 0.397 bits per heavy atom. The van der Waals surface area contributed by atoms with Crippen LogP contribution in [0.15, 0.2) is 95.4 Å². The van der Waals surface area contributed by atoms with Gasteiger partial charge in [-0.1, -0.05) is 123 Å². The highest BCUT2D eigenvalue weighted by molar-refractivity contribution is 6.69. The van der Waals surface area contributed by atoms with Crippen molar-refractivity contribution < 1.29 is 4.42 Å². The summed E-state index contributed by atoms with van der Waals surface area (Å²) in [5, 5.41) is 2.14. The van der Waals surface area contributed by atoms with Crippen LogP contribution in [0, 0.1) is 0 Å². The number of rotatable bonds is 5. The fraction of sp³-hybridized carbons (Fsp3) is 0. The molecule has 0 aliphatic rings. The number of aromatic nitrogens is 4. The van der Waals surface area contributed by atoms with Crippen LogP contribution in [0.2, 0.25) is 0 Å². The van der Waals surface area contributed by atoms with E-state index in [0.29, 0.717) is 71.2 Å². The van der Waals surface area contributed by atoms with Crippen LogP contribution in [-0.4, -0.2) is 122 Å². The molecule has 3 aromatic heterocycles. The number of nitrogens with zero attached hydrogens (tertiary/aromatic N) is 4. The molecule has 5 nitrogen and oxygen atoms in total. The Bertz CT molecular complexity index is 3580. The molecule has 26 radical (unpaired) electrons. The van der Waals surface area contributed by atoms with Gasteiger partial charge in [0.25, 0.3) is 0 Å². The highest BCUT2D eigenvalue weighted by atomic mass is 16.3. The van der Waals surface area contributed by atoms with E-state index in [1.807, 2.05) is 77.4 Å². The van der Waals surface area contributed by atoms with Crippen molar-refractivity contribution in [2.75, 3.05) is 0 Å². The second kappa shape index (κ2) is 15.1. The number of hydrogen-bond acceptors (Lipinski definition) is 4. The summed E-state index contributed by atoms with van der Waals surface area (Å²) in [6.07, 6.45) is 0. The molecule has 0 saturated heterocycles. The minimum atomic E-state index is 0.0172. The van der Waals surface area contributed by atoms with Crippen molar-refractivity contribution in [1.82, 2.24) is 19.5 Å². The summed E-state index contributed by atoms with van der Waals surface area (Å²) in [6.45, 7) is 0. The average Bonchev–Trinajstić information content (AvgIpc) is 3.85. The number of hydrogen-bond donors (Lipinski definition) is 0. The summed E-state index contributed by atoms with van der Waals surface area (Å²) in [5.41, 5.74) is 6.66. The molecule has 260 valence electrons. The van der Waals surface area contributed by atoms with Crippen LogP contribution in [0.1, 0.15) is 0 Å². The number of para-hydroxylation sites is 1. The van der Waals surface area contributed by atoms with Crippen LogP contribution in [-0.2, 0) is 0 Å². The molecule has 0 spiro atoms. The van der Waals surface area contributed by atoms with Crippen LogP contribution >= 0.6 is 0 Å². The molecule has 0 atom stereocenters. The minimum absolute atomic E-state index is 0.0172. The Labute approximate surface area is 380 Å². The van der Waals surface area contributed by atoms with E-state index >= 15 is 0 Å². The van der Waals surface area contributed by atoms with Gasteiger partial charge in [-0.3, -0.25) is 0 Å². The van der Waals surface area contributed by atoms with Crippen molar-refractivity contribution in [3.8, 4) is 51.0 Å².